The number of hydrogen-bond donors (Lipinski definition) is 0. The van der Waals surface area contributed by atoms with Gasteiger partial charge in [-0.05, 0) is 31.0 Å². The van der Waals surface area contributed by atoms with E-state index in [1.807, 2.05) is 54.3 Å². The number of ether oxygens (including phenoxy) is 2. The molecular weight excluding hydrogens is 302 g/mol. The number of rotatable bonds is 5. The van der Waals surface area contributed by atoms with Crippen LogP contribution in [0.1, 0.15) is 11.1 Å². The molecule has 1 aliphatic rings. The van der Waals surface area contributed by atoms with Gasteiger partial charge in [0.25, 0.3) is 5.91 Å². The third-order valence-corrected chi connectivity index (χ3v) is 4.25. The van der Waals surface area contributed by atoms with Crippen LogP contribution in [-0.2, 0) is 16.0 Å². The maximum absolute atomic E-state index is 12.6. The van der Waals surface area contributed by atoms with Crippen LogP contribution in [0.2, 0.25) is 0 Å². The summed E-state index contributed by atoms with van der Waals surface area (Å²) in [5.41, 5.74) is 2.38. The zero-order chi connectivity index (χ0) is 16.8. The first-order valence-corrected chi connectivity index (χ1v) is 8.33. The van der Waals surface area contributed by atoms with Crippen LogP contribution in [0.25, 0.3) is 0 Å². The molecule has 126 valence electrons. The van der Waals surface area contributed by atoms with Crippen molar-refractivity contribution in [2.45, 2.75) is 19.4 Å². The van der Waals surface area contributed by atoms with E-state index in [2.05, 4.69) is 12.1 Å². The molecule has 1 amide bonds. The second-order valence-electron chi connectivity index (χ2n) is 6.11. The molecule has 0 N–H and O–H groups in total. The molecule has 0 spiro atoms. The quantitative estimate of drug-likeness (QED) is 0.848. The Labute approximate surface area is 143 Å². The van der Waals surface area contributed by atoms with Crippen molar-refractivity contribution in [3.8, 4) is 5.75 Å². The molecule has 4 nitrogen and oxygen atoms in total. The molecule has 1 saturated heterocycles. The molecule has 0 aromatic heterocycles. The van der Waals surface area contributed by atoms with Crippen molar-refractivity contribution in [2.24, 2.45) is 0 Å². The summed E-state index contributed by atoms with van der Waals surface area (Å²) in [7, 11) is 0. The lowest BCUT2D eigenvalue weighted by atomic mass is 10.0. The van der Waals surface area contributed by atoms with Gasteiger partial charge in [0.15, 0.2) is 6.61 Å². The van der Waals surface area contributed by atoms with Crippen LogP contribution in [0, 0.1) is 6.92 Å². The van der Waals surface area contributed by atoms with E-state index in [1.54, 1.807) is 0 Å². The fraction of sp³-hybridized carbons (Fsp3) is 0.350. The highest BCUT2D eigenvalue weighted by molar-refractivity contribution is 5.78. The standard InChI is InChI=1S/C20H23NO3/c1-16-7-9-19(10-8-16)24-15-20(22)21-11-12-23-14-18(21)13-17-5-3-2-4-6-17/h2-10,18H,11-15H2,1H3. The molecule has 24 heavy (non-hydrogen) atoms. The van der Waals surface area contributed by atoms with Crippen molar-refractivity contribution >= 4 is 5.91 Å². The third-order valence-electron chi connectivity index (χ3n) is 4.25. The van der Waals surface area contributed by atoms with Crippen molar-refractivity contribution in [1.29, 1.82) is 0 Å². The summed E-state index contributed by atoms with van der Waals surface area (Å²) in [5.74, 6) is 0.738. The SMILES string of the molecule is Cc1ccc(OCC(=O)N2CCOCC2Cc2ccccc2)cc1. The number of hydrogen-bond acceptors (Lipinski definition) is 3. The molecule has 1 unspecified atom stereocenters. The predicted octanol–water partition coefficient (Wildman–Crippen LogP) is 2.84. The van der Waals surface area contributed by atoms with E-state index in [4.69, 9.17) is 9.47 Å². The molecule has 0 aliphatic carbocycles. The molecule has 1 heterocycles. The van der Waals surface area contributed by atoms with Gasteiger partial charge in [0.1, 0.15) is 5.75 Å². The fourth-order valence-electron chi connectivity index (χ4n) is 2.90. The Kier molecular flexibility index (Phi) is 5.49. The zero-order valence-corrected chi connectivity index (χ0v) is 14.0. The van der Waals surface area contributed by atoms with Crippen LogP contribution in [0.5, 0.6) is 5.75 Å². The number of amides is 1. The summed E-state index contributed by atoms with van der Waals surface area (Å²) in [4.78, 5) is 14.5. The molecule has 1 fully saturated rings. The number of carbonyl (C=O) groups is 1. The predicted molar refractivity (Wildman–Crippen MR) is 93.1 cm³/mol. The van der Waals surface area contributed by atoms with Gasteiger partial charge in [0.05, 0.1) is 19.3 Å². The second-order valence-corrected chi connectivity index (χ2v) is 6.11. The highest BCUT2D eigenvalue weighted by atomic mass is 16.5. The van der Waals surface area contributed by atoms with Gasteiger partial charge in [0, 0.05) is 6.54 Å². The summed E-state index contributed by atoms with van der Waals surface area (Å²) in [5, 5.41) is 0. The Hall–Kier alpha value is -2.33. The highest BCUT2D eigenvalue weighted by Gasteiger charge is 2.27. The minimum Gasteiger partial charge on any atom is -0.484 e. The Morgan fingerprint density at radius 1 is 1.17 bits per heavy atom. The van der Waals surface area contributed by atoms with Gasteiger partial charge in [0.2, 0.25) is 0 Å². The molecule has 2 aromatic carbocycles. The first kappa shape index (κ1) is 16.5. The van der Waals surface area contributed by atoms with Crippen molar-refractivity contribution in [3.63, 3.8) is 0 Å². The average Bonchev–Trinajstić information content (AvgIpc) is 2.62. The largest absolute Gasteiger partial charge is 0.484 e. The molecule has 2 aromatic rings. The lowest BCUT2D eigenvalue weighted by molar-refractivity contribution is -0.142. The van der Waals surface area contributed by atoms with Gasteiger partial charge in [-0.2, -0.15) is 0 Å². The minimum absolute atomic E-state index is 0.0137. The normalized spacial score (nSPS) is 17.5. The summed E-state index contributed by atoms with van der Waals surface area (Å²) in [6.07, 6.45) is 0.803. The average molecular weight is 325 g/mol. The monoisotopic (exact) mass is 325 g/mol. The smallest absolute Gasteiger partial charge is 0.260 e. The first-order chi connectivity index (χ1) is 11.7. The van der Waals surface area contributed by atoms with Crippen molar-refractivity contribution in [3.05, 3.63) is 65.7 Å². The summed E-state index contributed by atoms with van der Waals surface area (Å²) >= 11 is 0. The van der Waals surface area contributed by atoms with Crippen LogP contribution in [0.15, 0.2) is 54.6 Å². The van der Waals surface area contributed by atoms with E-state index in [1.165, 1.54) is 11.1 Å². The molecule has 1 atom stereocenters. The molecule has 0 saturated carbocycles. The lowest BCUT2D eigenvalue weighted by Crippen LogP contribution is -2.51. The first-order valence-electron chi connectivity index (χ1n) is 8.33. The highest BCUT2D eigenvalue weighted by Crippen LogP contribution is 2.15. The second kappa shape index (κ2) is 7.97. The van der Waals surface area contributed by atoms with E-state index >= 15 is 0 Å². The van der Waals surface area contributed by atoms with Gasteiger partial charge in [-0.3, -0.25) is 4.79 Å². The zero-order valence-electron chi connectivity index (χ0n) is 14.0. The number of carbonyl (C=O) groups excluding carboxylic acids is 1. The van der Waals surface area contributed by atoms with Crippen LogP contribution in [0.4, 0.5) is 0 Å². The molecule has 0 radical (unpaired) electrons. The number of nitrogens with zero attached hydrogens (tertiary/aromatic N) is 1. The van der Waals surface area contributed by atoms with Gasteiger partial charge < -0.3 is 14.4 Å². The van der Waals surface area contributed by atoms with E-state index in [-0.39, 0.29) is 18.6 Å². The summed E-state index contributed by atoms with van der Waals surface area (Å²) in [6, 6.07) is 18.0. The van der Waals surface area contributed by atoms with Crippen LogP contribution in [-0.4, -0.2) is 43.2 Å². The Morgan fingerprint density at radius 3 is 2.67 bits per heavy atom. The maximum atomic E-state index is 12.6. The Bertz CT molecular complexity index is 654. The van der Waals surface area contributed by atoms with Gasteiger partial charge in [-0.1, -0.05) is 48.0 Å². The molecule has 4 heteroatoms. The van der Waals surface area contributed by atoms with E-state index in [0.29, 0.717) is 19.8 Å². The van der Waals surface area contributed by atoms with E-state index < -0.39 is 0 Å². The number of morpholine rings is 1. The molecule has 3 rings (SSSR count). The van der Waals surface area contributed by atoms with E-state index in [0.717, 1.165) is 12.2 Å². The summed E-state index contributed by atoms with van der Waals surface area (Å²) < 4.78 is 11.2. The molecular formula is C20H23NO3. The van der Waals surface area contributed by atoms with Gasteiger partial charge in [-0.25, -0.2) is 0 Å². The maximum Gasteiger partial charge on any atom is 0.260 e. The number of aryl methyl sites for hydroxylation is 1. The minimum atomic E-state index is 0.0137. The van der Waals surface area contributed by atoms with Crippen molar-refractivity contribution in [2.75, 3.05) is 26.4 Å². The number of benzene rings is 2. The Balaban J connectivity index is 1.59. The van der Waals surface area contributed by atoms with Gasteiger partial charge in [-0.15, -0.1) is 0 Å². The Morgan fingerprint density at radius 2 is 1.92 bits per heavy atom. The van der Waals surface area contributed by atoms with Crippen LogP contribution >= 0.6 is 0 Å². The van der Waals surface area contributed by atoms with E-state index in [9.17, 15) is 4.79 Å². The molecule has 0 bridgehead atoms. The van der Waals surface area contributed by atoms with Gasteiger partial charge >= 0.3 is 0 Å². The topological polar surface area (TPSA) is 38.8 Å². The fourth-order valence-corrected chi connectivity index (χ4v) is 2.90. The van der Waals surface area contributed by atoms with Crippen LogP contribution < -0.4 is 4.74 Å². The van der Waals surface area contributed by atoms with Crippen molar-refractivity contribution in [1.82, 2.24) is 4.90 Å². The summed E-state index contributed by atoms with van der Waals surface area (Å²) in [6.45, 7) is 3.87. The third kappa shape index (κ3) is 4.36. The lowest BCUT2D eigenvalue weighted by Gasteiger charge is -2.35. The van der Waals surface area contributed by atoms with Crippen molar-refractivity contribution < 1.29 is 14.3 Å². The van der Waals surface area contributed by atoms with Crippen LogP contribution in [0.3, 0.4) is 0 Å². The molecule has 1 aliphatic heterocycles.